The highest BCUT2D eigenvalue weighted by Gasteiger charge is 2.06. The molecule has 0 aliphatic heterocycles. The van der Waals surface area contributed by atoms with Crippen LogP contribution in [-0.4, -0.2) is 17.6 Å². The van der Waals surface area contributed by atoms with Crippen LogP contribution in [0.2, 0.25) is 0 Å². The van der Waals surface area contributed by atoms with E-state index in [-0.39, 0.29) is 12.6 Å². The van der Waals surface area contributed by atoms with E-state index in [2.05, 4.69) is 5.32 Å². The average molecular weight is 204 g/mol. The molecule has 1 aromatic carbocycles. The van der Waals surface area contributed by atoms with Crippen LogP contribution in [0.5, 0.6) is 0 Å². The van der Waals surface area contributed by atoms with Crippen LogP contribution >= 0.6 is 0 Å². The maximum absolute atomic E-state index is 10.3. The van der Waals surface area contributed by atoms with Gasteiger partial charge in [0.25, 0.3) is 0 Å². The van der Waals surface area contributed by atoms with Crippen molar-refractivity contribution in [1.82, 2.24) is 5.32 Å². The normalized spacial score (nSPS) is 11.7. The molecule has 0 amide bonds. The number of benzene rings is 1. The lowest BCUT2D eigenvalue weighted by Crippen LogP contribution is -2.25. The Labute approximate surface area is 88.2 Å². The van der Waals surface area contributed by atoms with Crippen molar-refractivity contribution >= 4 is 5.97 Å². The quantitative estimate of drug-likeness (QED) is 0.775. The van der Waals surface area contributed by atoms with E-state index in [1.54, 1.807) is 18.2 Å². The molecule has 0 aromatic heterocycles. The average Bonchev–Trinajstić information content (AvgIpc) is 2.26. The summed E-state index contributed by atoms with van der Waals surface area (Å²) in [5, 5.41) is 20.0. The number of nitriles is 1. The SMILES string of the molecule is CC(NCC(=O)O)c1cccc(C#N)c1. The van der Waals surface area contributed by atoms with Gasteiger partial charge in [0.1, 0.15) is 0 Å². The van der Waals surface area contributed by atoms with Gasteiger partial charge in [-0.3, -0.25) is 4.79 Å². The first-order chi connectivity index (χ1) is 7.13. The van der Waals surface area contributed by atoms with Gasteiger partial charge < -0.3 is 10.4 Å². The summed E-state index contributed by atoms with van der Waals surface area (Å²) >= 11 is 0. The number of nitrogens with one attached hydrogen (secondary N) is 1. The van der Waals surface area contributed by atoms with E-state index in [0.717, 1.165) is 5.56 Å². The smallest absolute Gasteiger partial charge is 0.317 e. The molecule has 78 valence electrons. The Hall–Kier alpha value is -1.86. The third kappa shape index (κ3) is 3.41. The first kappa shape index (κ1) is 11.2. The lowest BCUT2D eigenvalue weighted by atomic mass is 10.1. The summed E-state index contributed by atoms with van der Waals surface area (Å²) < 4.78 is 0. The fourth-order valence-corrected chi connectivity index (χ4v) is 1.24. The molecule has 0 saturated heterocycles. The number of aliphatic carboxylic acids is 1. The zero-order chi connectivity index (χ0) is 11.3. The summed E-state index contributed by atoms with van der Waals surface area (Å²) in [7, 11) is 0. The predicted octanol–water partition coefficient (Wildman–Crippen LogP) is 1.29. The molecule has 0 heterocycles. The molecule has 1 rings (SSSR count). The van der Waals surface area contributed by atoms with Crippen molar-refractivity contribution in [1.29, 1.82) is 5.26 Å². The molecule has 0 bridgehead atoms. The van der Waals surface area contributed by atoms with Crippen LogP contribution in [0.4, 0.5) is 0 Å². The number of hydrogen-bond acceptors (Lipinski definition) is 3. The van der Waals surface area contributed by atoms with Gasteiger partial charge in [0.2, 0.25) is 0 Å². The number of rotatable bonds is 4. The van der Waals surface area contributed by atoms with Crippen LogP contribution < -0.4 is 5.32 Å². The molecule has 0 fully saturated rings. The molecule has 0 saturated carbocycles. The molecule has 1 unspecified atom stereocenters. The summed E-state index contributed by atoms with van der Waals surface area (Å²) in [6.45, 7) is 1.78. The second kappa shape index (κ2) is 5.13. The zero-order valence-corrected chi connectivity index (χ0v) is 8.40. The molecular formula is C11H12N2O2. The Morgan fingerprint density at radius 2 is 2.40 bits per heavy atom. The van der Waals surface area contributed by atoms with E-state index in [9.17, 15) is 4.79 Å². The number of carboxylic acids is 1. The fraction of sp³-hybridized carbons (Fsp3) is 0.273. The highest BCUT2D eigenvalue weighted by atomic mass is 16.4. The van der Waals surface area contributed by atoms with Crippen LogP contribution in [0.15, 0.2) is 24.3 Å². The standard InChI is InChI=1S/C11H12N2O2/c1-8(13-7-11(14)15)10-4-2-3-9(5-10)6-12/h2-5,8,13H,7H2,1H3,(H,14,15). The van der Waals surface area contributed by atoms with E-state index in [4.69, 9.17) is 10.4 Å². The van der Waals surface area contributed by atoms with Gasteiger partial charge in [0, 0.05) is 6.04 Å². The second-order valence-electron chi connectivity index (χ2n) is 3.23. The number of carbonyl (C=O) groups is 1. The van der Waals surface area contributed by atoms with Crippen molar-refractivity contribution in [2.45, 2.75) is 13.0 Å². The van der Waals surface area contributed by atoms with Gasteiger partial charge in [-0.05, 0) is 24.6 Å². The summed E-state index contributed by atoms with van der Waals surface area (Å²) in [5.74, 6) is -0.890. The second-order valence-corrected chi connectivity index (χ2v) is 3.23. The van der Waals surface area contributed by atoms with Gasteiger partial charge >= 0.3 is 5.97 Å². The molecule has 1 aromatic rings. The van der Waals surface area contributed by atoms with Gasteiger partial charge in [0.05, 0.1) is 18.2 Å². The van der Waals surface area contributed by atoms with Gasteiger partial charge in [0.15, 0.2) is 0 Å². The number of hydrogen-bond donors (Lipinski definition) is 2. The van der Waals surface area contributed by atoms with E-state index >= 15 is 0 Å². The minimum atomic E-state index is -0.890. The maximum Gasteiger partial charge on any atom is 0.317 e. The fourth-order valence-electron chi connectivity index (χ4n) is 1.24. The Balaban J connectivity index is 2.69. The van der Waals surface area contributed by atoms with Crippen LogP contribution in [0.1, 0.15) is 24.1 Å². The number of nitrogens with zero attached hydrogens (tertiary/aromatic N) is 1. The van der Waals surface area contributed by atoms with Crippen molar-refractivity contribution < 1.29 is 9.90 Å². The van der Waals surface area contributed by atoms with E-state index in [0.29, 0.717) is 5.56 Å². The Morgan fingerprint density at radius 3 is 3.00 bits per heavy atom. The molecular weight excluding hydrogens is 192 g/mol. The molecule has 4 heteroatoms. The Morgan fingerprint density at radius 1 is 1.67 bits per heavy atom. The summed E-state index contributed by atoms with van der Waals surface area (Å²) in [5.41, 5.74) is 1.49. The first-order valence-corrected chi connectivity index (χ1v) is 4.58. The van der Waals surface area contributed by atoms with Crippen LogP contribution in [0, 0.1) is 11.3 Å². The molecule has 0 aliphatic rings. The minimum Gasteiger partial charge on any atom is -0.480 e. The topological polar surface area (TPSA) is 73.1 Å². The largest absolute Gasteiger partial charge is 0.480 e. The van der Waals surface area contributed by atoms with Crippen molar-refractivity contribution in [3.05, 3.63) is 35.4 Å². The zero-order valence-electron chi connectivity index (χ0n) is 8.40. The summed E-state index contributed by atoms with van der Waals surface area (Å²) in [6.07, 6.45) is 0. The molecule has 0 radical (unpaired) electrons. The van der Waals surface area contributed by atoms with Crippen molar-refractivity contribution in [3.8, 4) is 6.07 Å². The summed E-state index contributed by atoms with van der Waals surface area (Å²) in [4.78, 5) is 10.3. The van der Waals surface area contributed by atoms with Crippen LogP contribution in [-0.2, 0) is 4.79 Å². The van der Waals surface area contributed by atoms with Crippen molar-refractivity contribution in [2.75, 3.05) is 6.54 Å². The van der Waals surface area contributed by atoms with Gasteiger partial charge in [-0.1, -0.05) is 12.1 Å². The molecule has 15 heavy (non-hydrogen) atoms. The lowest BCUT2D eigenvalue weighted by molar-refractivity contribution is -0.136. The highest BCUT2D eigenvalue weighted by Crippen LogP contribution is 2.13. The molecule has 2 N–H and O–H groups in total. The van der Waals surface area contributed by atoms with Crippen LogP contribution in [0.3, 0.4) is 0 Å². The monoisotopic (exact) mass is 204 g/mol. The number of carboxylic acid groups (broad SMARTS) is 1. The van der Waals surface area contributed by atoms with Crippen LogP contribution in [0.25, 0.3) is 0 Å². The molecule has 0 aliphatic carbocycles. The lowest BCUT2D eigenvalue weighted by Gasteiger charge is -2.12. The van der Waals surface area contributed by atoms with Gasteiger partial charge in [-0.2, -0.15) is 5.26 Å². The molecule has 1 atom stereocenters. The maximum atomic E-state index is 10.3. The van der Waals surface area contributed by atoms with Crippen molar-refractivity contribution in [3.63, 3.8) is 0 Å². The Kier molecular flexibility index (Phi) is 3.83. The molecule has 4 nitrogen and oxygen atoms in total. The third-order valence-electron chi connectivity index (χ3n) is 2.08. The minimum absolute atomic E-state index is 0.0746. The third-order valence-corrected chi connectivity index (χ3v) is 2.08. The van der Waals surface area contributed by atoms with Gasteiger partial charge in [-0.15, -0.1) is 0 Å². The van der Waals surface area contributed by atoms with E-state index < -0.39 is 5.97 Å². The van der Waals surface area contributed by atoms with E-state index in [1.807, 2.05) is 19.1 Å². The predicted molar refractivity (Wildman–Crippen MR) is 55.2 cm³/mol. The molecule has 0 spiro atoms. The van der Waals surface area contributed by atoms with Gasteiger partial charge in [-0.25, -0.2) is 0 Å². The summed E-state index contributed by atoms with van der Waals surface area (Å²) in [6, 6.07) is 9.08. The van der Waals surface area contributed by atoms with Crippen molar-refractivity contribution in [2.24, 2.45) is 0 Å². The van der Waals surface area contributed by atoms with E-state index in [1.165, 1.54) is 0 Å². The Bertz CT molecular complexity index is 396. The highest BCUT2D eigenvalue weighted by molar-refractivity contribution is 5.69. The first-order valence-electron chi connectivity index (χ1n) is 4.58.